The highest BCUT2D eigenvalue weighted by Crippen LogP contribution is 2.25. The average molecular weight is 352 g/mol. The Labute approximate surface area is 138 Å². The number of para-hydroxylation sites is 1. The summed E-state index contributed by atoms with van der Waals surface area (Å²) in [5.74, 6) is 0. The molecule has 1 saturated heterocycles. The molecule has 10 heteroatoms. The predicted molar refractivity (Wildman–Crippen MR) is 85.1 cm³/mol. The van der Waals surface area contributed by atoms with Crippen molar-refractivity contribution in [3.63, 3.8) is 0 Å². The zero-order valence-corrected chi connectivity index (χ0v) is 13.5. The van der Waals surface area contributed by atoms with E-state index in [9.17, 15) is 18.5 Å². The van der Waals surface area contributed by atoms with Crippen LogP contribution in [0.25, 0.3) is 0 Å². The zero-order chi connectivity index (χ0) is 17.2. The molecular formula is C14H16N4O5S. The van der Waals surface area contributed by atoms with E-state index in [1.54, 1.807) is 4.68 Å². The number of nitrogens with one attached hydrogen (secondary N) is 1. The smallest absolute Gasteiger partial charge is 0.289 e. The van der Waals surface area contributed by atoms with Gasteiger partial charge in [0.2, 0.25) is 0 Å². The Morgan fingerprint density at radius 1 is 1.42 bits per heavy atom. The second-order valence-corrected chi connectivity index (χ2v) is 7.07. The molecule has 0 bridgehead atoms. The molecule has 1 N–H and O–H groups in total. The minimum absolute atomic E-state index is 0.0737. The van der Waals surface area contributed by atoms with Crippen LogP contribution >= 0.6 is 0 Å². The first-order chi connectivity index (χ1) is 11.5. The third-order valence-electron chi connectivity index (χ3n) is 3.65. The quantitative estimate of drug-likeness (QED) is 0.625. The van der Waals surface area contributed by atoms with Crippen molar-refractivity contribution in [3.8, 4) is 0 Å². The molecule has 1 unspecified atom stereocenters. The van der Waals surface area contributed by atoms with E-state index in [-0.39, 0.29) is 16.7 Å². The van der Waals surface area contributed by atoms with Crippen molar-refractivity contribution in [1.29, 1.82) is 0 Å². The molecule has 0 amide bonds. The second-order valence-electron chi connectivity index (χ2n) is 5.42. The van der Waals surface area contributed by atoms with Gasteiger partial charge >= 0.3 is 0 Å². The summed E-state index contributed by atoms with van der Waals surface area (Å²) in [5.41, 5.74) is -0.233. The Morgan fingerprint density at radius 3 is 2.92 bits per heavy atom. The fraction of sp³-hybridized carbons (Fsp3) is 0.357. The summed E-state index contributed by atoms with van der Waals surface area (Å²) in [6, 6.07) is 5.19. The Kier molecular flexibility index (Phi) is 4.49. The van der Waals surface area contributed by atoms with E-state index in [1.807, 2.05) is 0 Å². The van der Waals surface area contributed by atoms with Gasteiger partial charge in [0, 0.05) is 18.9 Å². The maximum atomic E-state index is 12.4. The van der Waals surface area contributed by atoms with Gasteiger partial charge in [-0.15, -0.1) is 0 Å². The van der Waals surface area contributed by atoms with Crippen LogP contribution in [0.2, 0.25) is 0 Å². The van der Waals surface area contributed by atoms with Crippen molar-refractivity contribution < 1.29 is 18.1 Å². The molecule has 2 aromatic rings. The summed E-state index contributed by atoms with van der Waals surface area (Å²) in [5, 5.41) is 15.1. The number of aromatic nitrogens is 2. The number of anilines is 1. The molecule has 24 heavy (non-hydrogen) atoms. The van der Waals surface area contributed by atoms with Gasteiger partial charge in [-0.2, -0.15) is 5.10 Å². The first-order valence-corrected chi connectivity index (χ1v) is 8.84. The maximum Gasteiger partial charge on any atom is 0.289 e. The third-order valence-corrected chi connectivity index (χ3v) is 5.08. The first-order valence-electron chi connectivity index (χ1n) is 7.36. The molecule has 1 aliphatic heterocycles. The molecule has 128 valence electrons. The Bertz CT molecular complexity index is 842. The van der Waals surface area contributed by atoms with Gasteiger partial charge in [0.05, 0.1) is 29.5 Å². The van der Waals surface area contributed by atoms with Crippen molar-refractivity contribution >= 4 is 21.4 Å². The highest BCUT2D eigenvalue weighted by atomic mass is 32.2. The van der Waals surface area contributed by atoms with Crippen LogP contribution in [-0.2, 0) is 21.3 Å². The van der Waals surface area contributed by atoms with E-state index in [0.717, 1.165) is 25.5 Å². The number of sulfonamides is 1. The maximum absolute atomic E-state index is 12.4. The molecular weight excluding hydrogens is 336 g/mol. The number of nitrogens with zero attached hydrogens (tertiary/aromatic N) is 3. The largest absolute Gasteiger partial charge is 0.376 e. The SMILES string of the molecule is O=[N+]([O-])c1ccccc1S(=O)(=O)Nc1cnn(CC2CCCO2)c1. The van der Waals surface area contributed by atoms with Crippen molar-refractivity contribution in [2.24, 2.45) is 0 Å². The van der Waals surface area contributed by atoms with E-state index in [0.29, 0.717) is 6.54 Å². The summed E-state index contributed by atoms with van der Waals surface area (Å²) in [6.45, 7) is 1.26. The lowest BCUT2D eigenvalue weighted by Gasteiger charge is -2.08. The molecule has 0 radical (unpaired) electrons. The minimum Gasteiger partial charge on any atom is -0.376 e. The number of rotatable bonds is 6. The van der Waals surface area contributed by atoms with Crippen LogP contribution in [0.5, 0.6) is 0 Å². The Hall–Kier alpha value is -2.46. The molecule has 0 spiro atoms. The highest BCUT2D eigenvalue weighted by Gasteiger charge is 2.25. The third kappa shape index (κ3) is 3.54. The molecule has 0 saturated carbocycles. The van der Waals surface area contributed by atoms with Gasteiger partial charge in [0.1, 0.15) is 0 Å². The van der Waals surface area contributed by atoms with E-state index in [2.05, 4.69) is 9.82 Å². The van der Waals surface area contributed by atoms with Gasteiger partial charge in [-0.05, 0) is 18.9 Å². The Morgan fingerprint density at radius 2 is 2.21 bits per heavy atom. The van der Waals surface area contributed by atoms with Gasteiger partial charge in [0.25, 0.3) is 15.7 Å². The molecule has 1 aliphatic rings. The summed E-state index contributed by atoms with van der Waals surface area (Å²) < 4.78 is 34.2. The van der Waals surface area contributed by atoms with Crippen molar-refractivity contribution in [2.45, 2.75) is 30.4 Å². The minimum atomic E-state index is -4.08. The average Bonchev–Trinajstić information content (AvgIpc) is 3.19. The van der Waals surface area contributed by atoms with E-state index in [4.69, 9.17) is 4.74 Å². The van der Waals surface area contributed by atoms with Crippen LogP contribution in [-0.4, -0.2) is 35.8 Å². The van der Waals surface area contributed by atoms with Crippen LogP contribution in [0.1, 0.15) is 12.8 Å². The van der Waals surface area contributed by atoms with Gasteiger partial charge in [-0.3, -0.25) is 19.5 Å². The van der Waals surface area contributed by atoms with Crippen molar-refractivity contribution in [1.82, 2.24) is 9.78 Å². The predicted octanol–water partition coefficient (Wildman–Crippen LogP) is 1.77. The lowest BCUT2D eigenvalue weighted by atomic mass is 10.2. The summed E-state index contributed by atoms with van der Waals surface area (Å²) >= 11 is 0. The Balaban J connectivity index is 1.78. The fourth-order valence-corrected chi connectivity index (χ4v) is 3.76. The van der Waals surface area contributed by atoms with Crippen LogP contribution in [0.15, 0.2) is 41.6 Å². The van der Waals surface area contributed by atoms with Crippen molar-refractivity contribution in [3.05, 3.63) is 46.8 Å². The second kappa shape index (κ2) is 6.57. The molecule has 1 atom stereocenters. The topological polar surface area (TPSA) is 116 Å². The lowest BCUT2D eigenvalue weighted by molar-refractivity contribution is -0.387. The molecule has 3 rings (SSSR count). The molecule has 1 aromatic carbocycles. The number of hydrogen-bond acceptors (Lipinski definition) is 6. The van der Waals surface area contributed by atoms with Crippen LogP contribution < -0.4 is 4.72 Å². The molecule has 1 fully saturated rings. The number of nitro groups is 1. The summed E-state index contributed by atoms with van der Waals surface area (Å²) in [7, 11) is -4.08. The van der Waals surface area contributed by atoms with Crippen LogP contribution in [0.4, 0.5) is 11.4 Å². The first kappa shape index (κ1) is 16.4. The van der Waals surface area contributed by atoms with E-state index in [1.165, 1.54) is 30.6 Å². The fourth-order valence-electron chi connectivity index (χ4n) is 2.56. The lowest BCUT2D eigenvalue weighted by Crippen LogP contribution is -2.16. The highest BCUT2D eigenvalue weighted by molar-refractivity contribution is 7.92. The van der Waals surface area contributed by atoms with E-state index >= 15 is 0 Å². The molecule has 1 aromatic heterocycles. The van der Waals surface area contributed by atoms with Gasteiger partial charge in [0.15, 0.2) is 4.90 Å². The molecule has 0 aliphatic carbocycles. The standard InChI is InChI=1S/C14H16N4O5S/c19-18(20)13-5-1-2-6-14(13)24(21,22)16-11-8-15-17(9-11)10-12-4-3-7-23-12/h1-2,5-6,8-9,12,16H,3-4,7,10H2. The molecule has 2 heterocycles. The van der Waals surface area contributed by atoms with Gasteiger partial charge < -0.3 is 4.74 Å². The van der Waals surface area contributed by atoms with Crippen molar-refractivity contribution in [2.75, 3.05) is 11.3 Å². The van der Waals surface area contributed by atoms with Crippen LogP contribution in [0, 0.1) is 10.1 Å². The van der Waals surface area contributed by atoms with Gasteiger partial charge in [-0.1, -0.05) is 12.1 Å². The number of nitro benzene ring substituents is 1. The normalized spacial score (nSPS) is 17.8. The van der Waals surface area contributed by atoms with Crippen LogP contribution in [0.3, 0.4) is 0 Å². The van der Waals surface area contributed by atoms with E-state index < -0.39 is 20.6 Å². The number of ether oxygens (including phenoxy) is 1. The molecule has 9 nitrogen and oxygen atoms in total. The number of benzene rings is 1. The number of hydrogen-bond donors (Lipinski definition) is 1. The summed E-state index contributed by atoms with van der Waals surface area (Å²) in [6.07, 6.45) is 4.92. The van der Waals surface area contributed by atoms with Gasteiger partial charge in [-0.25, -0.2) is 8.42 Å². The monoisotopic (exact) mass is 352 g/mol. The summed E-state index contributed by atoms with van der Waals surface area (Å²) in [4.78, 5) is 9.89. The zero-order valence-electron chi connectivity index (χ0n) is 12.7.